The van der Waals surface area contributed by atoms with Gasteiger partial charge in [0.2, 0.25) is 0 Å². The summed E-state index contributed by atoms with van der Waals surface area (Å²) < 4.78 is 0. The van der Waals surface area contributed by atoms with E-state index in [1.807, 2.05) is 24.6 Å². The first-order valence-corrected chi connectivity index (χ1v) is 10.4. The quantitative estimate of drug-likeness (QED) is 0.439. The van der Waals surface area contributed by atoms with Crippen LogP contribution in [0.5, 0.6) is 0 Å². The number of hydrogen-bond acceptors (Lipinski definition) is 6. The van der Waals surface area contributed by atoms with Crippen molar-refractivity contribution in [2.75, 3.05) is 11.9 Å². The zero-order valence-corrected chi connectivity index (χ0v) is 17.0. The maximum atomic E-state index is 4.78. The first-order valence-electron chi connectivity index (χ1n) is 9.54. The topological polar surface area (TPSA) is 79.4 Å². The molecule has 6 nitrogen and oxygen atoms in total. The van der Waals surface area contributed by atoms with Crippen molar-refractivity contribution in [1.82, 2.24) is 24.9 Å². The molecule has 0 fully saturated rings. The first kappa shape index (κ1) is 17.8. The summed E-state index contributed by atoms with van der Waals surface area (Å²) in [4.78, 5) is 22.7. The zero-order chi connectivity index (χ0) is 19.8. The number of aryl methyl sites for hydroxylation is 2. The van der Waals surface area contributed by atoms with Gasteiger partial charge in [0.15, 0.2) is 11.6 Å². The molecule has 29 heavy (non-hydrogen) atoms. The highest BCUT2D eigenvalue weighted by molar-refractivity contribution is 7.16. The van der Waals surface area contributed by atoms with Crippen molar-refractivity contribution in [3.8, 4) is 11.4 Å². The van der Waals surface area contributed by atoms with Crippen LogP contribution in [0.15, 0.2) is 48.1 Å². The summed E-state index contributed by atoms with van der Waals surface area (Å²) in [5, 5.41) is 4.77. The molecule has 0 spiro atoms. The van der Waals surface area contributed by atoms with Gasteiger partial charge < -0.3 is 10.3 Å². The van der Waals surface area contributed by atoms with E-state index in [-0.39, 0.29) is 0 Å². The molecule has 0 saturated heterocycles. The molecule has 144 valence electrons. The molecule has 0 atom stereocenters. The Morgan fingerprint density at radius 3 is 2.83 bits per heavy atom. The largest absolute Gasteiger partial charge is 0.368 e. The van der Waals surface area contributed by atoms with Crippen LogP contribution in [0, 0.1) is 13.8 Å². The summed E-state index contributed by atoms with van der Waals surface area (Å²) in [6, 6.07) is 12.3. The lowest BCUT2D eigenvalue weighted by Gasteiger charge is -2.09. The van der Waals surface area contributed by atoms with Crippen LogP contribution in [-0.4, -0.2) is 31.5 Å². The molecule has 5 rings (SSSR count). The number of aromatic nitrogens is 5. The minimum atomic E-state index is 0.679. The number of anilines is 1. The number of pyridine rings is 1. The molecule has 0 saturated carbocycles. The lowest BCUT2D eigenvalue weighted by atomic mass is 10.1. The van der Waals surface area contributed by atoms with Crippen LogP contribution in [-0.2, 0) is 6.42 Å². The van der Waals surface area contributed by atoms with Gasteiger partial charge >= 0.3 is 0 Å². The molecule has 4 aromatic heterocycles. The predicted octanol–water partition coefficient (Wildman–Crippen LogP) is 4.90. The van der Waals surface area contributed by atoms with E-state index < -0.39 is 0 Å². The molecule has 0 aliphatic carbocycles. The summed E-state index contributed by atoms with van der Waals surface area (Å²) in [5.74, 6) is 1.45. The van der Waals surface area contributed by atoms with Gasteiger partial charge in [0, 0.05) is 40.6 Å². The Labute approximate surface area is 172 Å². The fourth-order valence-electron chi connectivity index (χ4n) is 3.69. The monoisotopic (exact) mass is 400 g/mol. The van der Waals surface area contributed by atoms with Crippen LogP contribution in [0.25, 0.3) is 32.6 Å². The van der Waals surface area contributed by atoms with Crippen molar-refractivity contribution in [2.45, 2.75) is 20.3 Å². The molecule has 0 aliphatic heterocycles. The van der Waals surface area contributed by atoms with Crippen LogP contribution in [0.4, 0.5) is 5.82 Å². The number of H-pyrrole nitrogens is 1. The highest BCUT2D eigenvalue weighted by Crippen LogP contribution is 2.28. The summed E-state index contributed by atoms with van der Waals surface area (Å²) in [6.07, 6.45) is 2.68. The van der Waals surface area contributed by atoms with Crippen LogP contribution in [0.1, 0.15) is 17.0 Å². The molecule has 0 radical (unpaired) electrons. The third-order valence-electron chi connectivity index (χ3n) is 5.14. The third kappa shape index (κ3) is 3.23. The van der Waals surface area contributed by atoms with E-state index in [1.165, 1.54) is 33.5 Å². The van der Waals surface area contributed by atoms with Gasteiger partial charge in [-0.2, -0.15) is 0 Å². The van der Waals surface area contributed by atoms with E-state index in [4.69, 9.17) is 9.97 Å². The highest BCUT2D eigenvalue weighted by atomic mass is 32.1. The van der Waals surface area contributed by atoms with E-state index in [1.54, 1.807) is 6.20 Å². The van der Waals surface area contributed by atoms with E-state index in [9.17, 15) is 0 Å². The van der Waals surface area contributed by atoms with Crippen molar-refractivity contribution in [3.05, 3.63) is 65.1 Å². The minimum Gasteiger partial charge on any atom is -0.368 e. The molecule has 4 heterocycles. The Bertz CT molecular complexity index is 1320. The number of thiazole rings is 1. The van der Waals surface area contributed by atoms with E-state index in [2.05, 4.69) is 51.5 Å². The minimum absolute atomic E-state index is 0.679. The number of hydrogen-bond donors (Lipinski definition) is 2. The van der Waals surface area contributed by atoms with Crippen molar-refractivity contribution < 1.29 is 0 Å². The van der Waals surface area contributed by atoms with Gasteiger partial charge in [-0.05, 0) is 44.0 Å². The van der Waals surface area contributed by atoms with E-state index >= 15 is 0 Å². The van der Waals surface area contributed by atoms with Crippen molar-refractivity contribution in [3.63, 3.8) is 0 Å². The second-order valence-electron chi connectivity index (χ2n) is 6.99. The lowest BCUT2D eigenvalue weighted by Crippen LogP contribution is -2.08. The average molecular weight is 401 g/mol. The Hall–Kier alpha value is -3.32. The Kier molecular flexibility index (Phi) is 4.44. The number of para-hydroxylation sites is 1. The van der Waals surface area contributed by atoms with Gasteiger partial charge in [-0.3, -0.25) is 4.98 Å². The number of fused-ring (bicyclic) bond motifs is 2. The fraction of sp³-hybridized carbons (Fsp3) is 0.182. The highest BCUT2D eigenvalue weighted by Gasteiger charge is 2.14. The Balaban J connectivity index is 1.45. The van der Waals surface area contributed by atoms with Gasteiger partial charge in [0.1, 0.15) is 10.3 Å². The molecule has 5 aromatic rings. The van der Waals surface area contributed by atoms with Gasteiger partial charge in [0.05, 0.1) is 5.51 Å². The van der Waals surface area contributed by atoms with Crippen LogP contribution < -0.4 is 5.32 Å². The second-order valence-corrected chi connectivity index (χ2v) is 7.82. The van der Waals surface area contributed by atoms with Crippen LogP contribution in [0.3, 0.4) is 0 Å². The maximum absolute atomic E-state index is 4.78. The van der Waals surface area contributed by atoms with Gasteiger partial charge in [-0.1, -0.05) is 18.2 Å². The third-order valence-corrected chi connectivity index (χ3v) is 5.86. The Morgan fingerprint density at radius 2 is 1.93 bits per heavy atom. The molecule has 1 aromatic carbocycles. The fourth-order valence-corrected chi connectivity index (χ4v) is 4.35. The predicted molar refractivity (Wildman–Crippen MR) is 118 cm³/mol. The number of aromatic amines is 1. The van der Waals surface area contributed by atoms with Crippen molar-refractivity contribution >= 4 is 38.4 Å². The maximum Gasteiger partial charge on any atom is 0.165 e. The smallest absolute Gasteiger partial charge is 0.165 e. The zero-order valence-electron chi connectivity index (χ0n) is 16.2. The molecule has 0 aliphatic rings. The summed E-state index contributed by atoms with van der Waals surface area (Å²) >= 11 is 1.52. The summed E-state index contributed by atoms with van der Waals surface area (Å²) in [6.45, 7) is 4.86. The van der Waals surface area contributed by atoms with Gasteiger partial charge in [-0.25, -0.2) is 15.0 Å². The number of rotatable bonds is 5. The van der Waals surface area contributed by atoms with Gasteiger partial charge in [-0.15, -0.1) is 11.3 Å². The number of nitrogens with one attached hydrogen (secondary N) is 2. The molecular formula is C22H20N6S. The van der Waals surface area contributed by atoms with Crippen molar-refractivity contribution in [1.29, 1.82) is 0 Å². The van der Waals surface area contributed by atoms with Gasteiger partial charge in [0.25, 0.3) is 0 Å². The molecule has 7 heteroatoms. The molecule has 2 N–H and O–H groups in total. The normalized spacial score (nSPS) is 11.4. The molecular weight excluding hydrogens is 380 g/mol. The molecule has 0 amide bonds. The average Bonchev–Trinajstić information content (AvgIpc) is 3.32. The van der Waals surface area contributed by atoms with Crippen molar-refractivity contribution in [2.24, 2.45) is 0 Å². The summed E-state index contributed by atoms with van der Waals surface area (Å²) in [7, 11) is 0. The Morgan fingerprint density at radius 1 is 1.03 bits per heavy atom. The number of benzene rings is 1. The number of nitrogens with zero attached hydrogens (tertiary/aromatic N) is 4. The lowest BCUT2D eigenvalue weighted by molar-refractivity contribution is 0.997. The van der Waals surface area contributed by atoms with Crippen LogP contribution in [0.2, 0.25) is 0 Å². The molecule has 0 unspecified atom stereocenters. The van der Waals surface area contributed by atoms with E-state index in [0.29, 0.717) is 5.82 Å². The van der Waals surface area contributed by atoms with E-state index in [0.717, 1.165) is 40.4 Å². The van der Waals surface area contributed by atoms with Crippen LogP contribution >= 0.6 is 11.3 Å². The standard InChI is InChI=1S/C22H20N6S/c1-13-16(7-5-10-23-13)20-27-21(19-22(28-20)29-12-25-19)24-11-9-15-14(2)26-18-8-4-3-6-17(15)18/h3-8,10,12,26H,9,11H2,1-2H3,(H,24,27,28). The SMILES string of the molecule is Cc1ncccc1-c1nc(NCCc2c(C)[nH]c3ccccc23)c2ncsc2n1. The summed E-state index contributed by atoms with van der Waals surface area (Å²) in [5.41, 5.74) is 8.21. The second kappa shape index (κ2) is 7.25. The first-order chi connectivity index (χ1) is 14.2. The molecule has 0 bridgehead atoms.